The number of fused-ring (bicyclic) bond motifs is 8. The summed E-state index contributed by atoms with van der Waals surface area (Å²) < 4.78 is 10.1. The van der Waals surface area contributed by atoms with Crippen molar-refractivity contribution in [2.24, 2.45) is 0 Å². The molecule has 152 valence electrons. The molecule has 5 heteroatoms. The normalized spacial score (nSPS) is 23.0. The molecule has 1 nitrogen and oxygen atoms in total. The van der Waals surface area contributed by atoms with Crippen LogP contribution in [0.2, 0.25) is 5.02 Å². The van der Waals surface area contributed by atoms with Gasteiger partial charge in [-0.15, -0.1) is 0 Å². The van der Waals surface area contributed by atoms with Crippen LogP contribution in [-0.2, 0) is 15.9 Å². The molecule has 4 aromatic carbocycles. The number of rotatable bonds is 2. The number of benzene rings is 4. The van der Waals surface area contributed by atoms with Crippen molar-refractivity contribution in [3.05, 3.63) is 137 Å². The third-order valence-corrected chi connectivity index (χ3v) is 9.35. The highest BCUT2D eigenvalue weighted by Crippen LogP contribution is 2.67. The predicted octanol–water partition coefficient (Wildman–Crippen LogP) is 8.55. The molecule has 0 N–H and O–H groups in total. The maximum absolute atomic E-state index is 7.26. The lowest BCUT2D eigenvalue weighted by Crippen LogP contribution is -2.27. The Morgan fingerprint density at radius 2 is 0.935 bits per heavy atom. The molecule has 2 unspecified atom stereocenters. The Bertz CT molecular complexity index is 1190. The lowest BCUT2D eigenvalue weighted by molar-refractivity contribution is -0.0258. The fraction of sp³-hybridized carbons (Fsp3) is 0.0769. The molecule has 2 aliphatic rings. The van der Waals surface area contributed by atoms with Gasteiger partial charge in [0.15, 0.2) is 0 Å². The van der Waals surface area contributed by atoms with Crippen LogP contribution in [0.1, 0.15) is 33.4 Å². The summed E-state index contributed by atoms with van der Waals surface area (Å²) in [5.41, 5.74) is 5.14. The van der Waals surface area contributed by atoms with Crippen molar-refractivity contribution >= 4 is 59.4 Å². The summed E-state index contributed by atoms with van der Waals surface area (Å²) >= 11 is 17.7. The van der Waals surface area contributed by atoms with Crippen molar-refractivity contribution in [3.63, 3.8) is 0 Å². The Morgan fingerprint density at radius 1 is 0.548 bits per heavy atom. The summed E-state index contributed by atoms with van der Waals surface area (Å²) in [5.74, 6) is 0. The van der Waals surface area contributed by atoms with E-state index in [0.717, 1.165) is 46.8 Å². The Hall–Kier alpha value is -1.43. The quantitative estimate of drug-likeness (QED) is 0.219. The van der Waals surface area contributed by atoms with Gasteiger partial charge < -0.3 is 4.74 Å². The lowest BCUT2D eigenvalue weighted by atomic mass is 9.68. The molecule has 2 bridgehead atoms. The first-order valence-electron chi connectivity index (χ1n) is 9.79. The first-order valence-corrected chi connectivity index (χ1v) is 12.6. The molecule has 2 heterocycles. The highest BCUT2D eigenvalue weighted by Gasteiger charge is 2.64. The average Bonchev–Trinajstić information content (AvgIpc) is 3.24. The van der Waals surface area contributed by atoms with Crippen molar-refractivity contribution in [1.29, 1.82) is 0 Å². The van der Waals surface area contributed by atoms with Gasteiger partial charge in [-0.25, -0.2) is 0 Å². The van der Waals surface area contributed by atoms with Crippen LogP contribution in [0, 0.1) is 0 Å². The zero-order chi connectivity index (χ0) is 21.4. The van der Waals surface area contributed by atoms with E-state index < -0.39 is 11.2 Å². The first-order chi connectivity index (χ1) is 15.0. The molecule has 0 aromatic heterocycles. The lowest BCUT2D eigenvalue weighted by Gasteiger charge is -2.31. The van der Waals surface area contributed by atoms with Gasteiger partial charge in [-0.2, -0.15) is 0 Å². The van der Waals surface area contributed by atoms with Gasteiger partial charge in [0, 0.05) is 35.7 Å². The SMILES string of the molecule is Clc1cc2c(cc1Br)C1(c3ccccc3)OC2(c2ccccc2)c2cc(Br)c(Br)cc21. The first kappa shape index (κ1) is 20.2. The highest BCUT2D eigenvalue weighted by atomic mass is 79.9. The number of ether oxygens (including phenoxy) is 1. The second kappa shape index (κ2) is 7.03. The highest BCUT2D eigenvalue weighted by molar-refractivity contribution is 9.13. The summed E-state index contributed by atoms with van der Waals surface area (Å²) in [4.78, 5) is 0. The van der Waals surface area contributed by atoms with Crippen molar-refractivity contribution in [1.82, 2.24) is 0 Å². The van der Waals surface area contributed by atoms with Gasteiger partial charge in [0.05, 0.1) is 5.02 Å². The van der Waals surface area contributed by atoms with Gasteiger partial charge in [0.25, 0.3) is 0 Å². The third-order valence-electron chi connectivity index (χ3n) is 6.30. The van der Waals surface area contributed by atoms with Gasteiger partial charge in [0.2, 0.25) is 0 Å². The molecule has 2 aliphatic heterocycles. The molecule has 31 heavy (non-hydrogen) atoms. The van der Waals surface area contributed by atoms with Crippen LogP contribution in [0.15, 0.2) is 98.3 Å². The van der Waals surface area contributed by atoms with Crippen LogP contribution in [-0.4, -0.2) is 0 Å². The van der Waals surface area contributed by atoms with Crippen LogP contribution >= 0.6 is 59.4 Å². The van der Waals surface area contributed by atoms with Gasteiger partial charge in [-0.1, -0.05) is 72.3 Å². The zero-order valence-electron chi connectivity index (χ0n) is 16.0. The van der Waals surface area contributed by atoms with Gasteiger partial charge in [0.1, 0.15) is 11.2 Å². The third kappa shape index (κ3) is 2.57. The Kier molecular flexibility index (Phi) is 4.58. The second-order valence-corrected chi connectivity index (χ2v) is 10.8. The van der Waals surface area contributed by atoms with Gasteiger partial charge >= 0.3 is 0 Å². The average molecular weight is 618 g/mol. The van der Waals surface area contributed by atoms with Crippen molar-refractivity contribution in [2.75, 3.05) is 0 Å². The monoisotopic (exact) mass is 614 g/mol. The van der Waals surface area contributed by atoms with Gasteiger partial charge in [-0.3, -0.25) is 0 Å². The molecule has 0 saturated heterocycles. The standard InChI is InChI=1S/C26H14Br3ClO/c27-21-11-17-18(12-22(21)28)26(16-9-5-2-6-10-16)20-14-24(30)23(29)13-19(20)25(17,31-26)15-7-3-1-4-8-15/h1-14H. The topological polar surface area (TPSA) is 9.23 Å². The largest absolute Gasteiger partial charge is 0.340 e. The van der Waals surface area contributed by atoms with Crippen LogP contribution in [0.4, 0.5) is 0 Å². The Balaban J connectivity index is 1.82. The fourth-order valence-corrected chi connectivity index (χ4v) is 6.28. The minimum atomic E-state index is -0.755. The van der Waals surface area contributed by atoms with Crippen LogP contribution < -0.4 is 0 Å². The van der Waals surface area contributed by atoms with E-state index in [1.807, 2.05) is 12.1 Å². The summed E-state index contributed by atoms with van der Waals surface area (Å²) in [5, 5.41) is 0.672. The molecule has 4 aromatic rings. The van der Waals surface area contributed by atoms with E-state index in [1.165, 1.54) is 0 Å². The van der Waals surface area contributed by atoms with Crippen molar-refractivity contribution in [3.8, 4) is 0 Å². The van der Waals surface area contributed by atoms with E-state index in [9.17, 15) is 0 Å². The molecule has 0 radical (unpaired) electrons. The number of halogens is 4. The molecule has 0 fully saturated rings. The molecule has 0 saturated carbocycles. The van der Waals surface area contributed by atoms with E-state index >= 15 is 0 Å². The maximum atomic E-state index is 7.26. The smallest absolute Gasteiger partial charge is 0.146 e. The summed E-state index contributed by atoms with van der Waals surface area (Å²) in [7, 11) is 0. The molecule has 0 amide bonds. The number of hydrogen-bond acceptors (Lipinski definition) is 1. The minimum Gasteiger partial charge on any atom is -0.340 e. The molecule has 0 aliphatic carbocycles. The number of hydrogen-bond donors (Lipinski definition) is 0. The van der Waals surface area contributed by atoms with Crippen molar-refractivity contribution in [2.45, 2.75) is 11.2 Å². The van der Waals surface area contributed by atoms with E-state index in [0.29, 0.717) is 5.02 Å². The summed E-state index contributed by atoms with van der Waals surface area (Å²) in [6.07, 6.45) is 0. The molecule has 6 rings (SSSR count). The van der Waals surface area contributed by atoms with Crippen LogP contribution in [0.25, 0.3) is 0 Å². The zero-order valence-corrected chi connectivity index (χ0v) is 21.5. The molecule has 2 atom stereocenters. The predicted molar refractivity (Wildman–Crippen MR) is 135 cm³/mol. The Morgan fingerprint density at radius 3 is 1.39 bits per heavy atom. The minimum absolute atomic E-state index is 0.672. The summed E-state index contributed by atoms with van der Waals surface area (Å²) in [6, 6.07) is 29.4. The van der Waals surface area contributed by atoms with Crippen LogP contribution in [0.3, 0.4) is 0 Å². The summed E-state index contributed by atoms with van der Waals surface area (Å²) in [6.45, 7) is 0. The molecule has 0 spiro atoms. The van der Waals surface area contributed by atoms with E-state index in [1.54, 1.807) is 0 Å². The molecular formula is C26H14Br3ClO. The van der Waals surface area contributed by atoms with E-state index in [-0.39, 0.29) is 0 Å². The van der Waals surface area contributed by atoms with Crippen LogP contribution in [0.5, 0.6) is 0 Å². The Labute approximate surface area is 210 Å². The van der Waals surface area contributed by atoms with E-state index in [4.69, 9.17) is 16.3 Å². The fourth-order valence-electron chi connectivity index (χ4n) is 5.08. The van der Waals surface area contributed by atoms with Crippen molar-refractivity contribution < 1.29 is 4.74 Å². The second-order valence-electron chi connectivity index (χ2n) is 7.82. The van der Waals surface area contributed by atoms with E-state index in [2.05, 4.69) is 121 Å². The molecular weight excluding hydrogens is 603 g/mol. The maximum Gasteiger partial charge on any atom is 0.146 e. The van der Waals surface area contributed by atoms with Gasteiger partial charge in [-0.05, 0) is 83.2 Å².